The van der Waals surface area contributed by atoms with Gasteiger partial charge in [0.1, 0.15) is 5.69 Å². The number of ketones is 1. The number of hydrogen-bond donors (Lipinski definition) is 3. The summed E-state index contributed by atoms with van der Waals surface area (Å²) in [7, 11) is 0. The quantitative estimate of drug-likeness (QED) is 0.222. The van der Waals surface area contributed by atoms with E-state index in [9.17, 15) is 9.59 Å². The number of amides is 1. The van der Waals surface area contributed by atoms with Crippen molar-refractivity contribution in [1.82, 2.24) is 25.1 Å². The van der Waals surface area contributed by atoms with Crippen molar-refractivity contribution in [3.63, 3.8) is 0 Å². The van der Waals surface area contributed by atoms with Gasteiger partial charge in [-0.25, -0.2) is 4.98 Å². The first-order valence-electron chi connectivity index (χ1n) is 12.7. The van der Waals surface area contributed by atoms with Crippen molar-refractivity contribution in [2.45, 2.75) is 46.0 Å². The van der Waals surface area contributed by atoms with Crippen LogP contribution in [0.15, 0.2) is 42.6 Å². The van der Waals surface area contributed by atoms with E-state index in [0.717, 1.165) is 41.5 Å². The molecule has 8 nitrogen and oxygen atoms in total. The van der Waals surface area contributed by atoms with Crippen LogP contribution >= 0.6 is 0 Å². The highest BCUT2D eigenvalue weighted by atomic mass is 16.1. The van der Waals surface area contributed by atoms with Crippen molar-refractivity contribution >= 4 is 28.4 Å². The van der Waals surface area contributed by atoms with E-state index in [4.69, 9.17) is 0 Å². The number of nitrogens with one attached hydrogen (secondary N) is 3. The molecular weight excluding hydrogens is 452 g/mol. The number of anilines is 1. The summed E-state index contributed by atoms with van der Waals surface area (Å²) in [5.41, 5.74) is 5.80. The third kappa shape index (κ3) is 5.09. The van der Waals surface area contributed by atoms with Gasteiger partial charge in [-0.3, -0.25) is 14.7 Å². The van der Waals surface area contributed by atoms with Crippen LogP contribution in [0.3, 0.4) is 0 Å². The molecular formula is C28H32N6O2. The number of aromatic amines is 2. The first-order valence-corrected chi connectivity index (χ1v) is 12.7. The first-order chi connectivity index (χ1) is 17.5. The Labute approximate surface area is 210 Å². The van der Waals surface area contributed by atoms with Crippen LogP contribution in [-0.2, 0) is 0 Å². The minimum atomic E-state index is -0.193. The fourth-order valence-corrected chi connectivity index (χ4v) is 4.99. The molecule has 0 bridgehead atoms. The van der Waals surface area contributed by atoms with Crippen LogP contribution in [0.25, 0.3) is 22.6 Å². The fourth-order valence-electron chi connectivity index (χ4n) is 4.99. The van der Waals surface area contributed by atoms with Gasteiger partial charge in [0.2, 0.25) is 0 Å². The zero-order valence-corrected chi connectivity index (χ0v) is 20.9. The average Bonchev–Trinajstić information content (AvgIpc) is 3.61. The molecule has 5 rings (SSSR count). The van der Waals surface area contributed by atoms with Gasteiger partial charge in [0.05, 0.1) is 22.9 Å². The van der Waals surface area contributed by atoms with Gasteiger partial charge in [-0.1, -0.05) is 18.2 Å². The number of imidazole rings is 1. The monoisotopic (exact) mass is 484 g/mol. The average molecular weight is 485 g/mol. The van der Waals surface area contributed by atoms with Crippen LogP contribution in [0.1, 0.15) is 63.9 Å². The lowest BCUT2D eigenvalue weighted by molar-refractivity contribution is 0.0977. The van der Waals surface area contributed by atoms with E-state index in [0.29, 0.717) is 34.8 Å². The molecule has 0 radical (unpaired) electrons. The summed E-state index contributed by atoms with van der Waals surface area (Å²) >= 11 is 0. The van der Waals surface area contributed by atoms with Gasteiger partial charge in [0.15, 0.2) is 11.6 Å². The van der Waals surface area contributed by atoms with Crippen LogP contribution in [0.2, 0.25) is 0 Å². The number of H-pyrrole nitrogens is 2. The number of benzene rings is 2. The van der Waals surface area contributed by atoms with E-state index in [1.165, 1.54) is 25.9 Å². The third-order valence-corrected chi connectivity index (χ3v) is 6.96. The van der Waals surface area contributed by atoms with Crippen molar-refractivity contribution in [3.05, 3.63) is 64.8 Å². The molecule has 0 saturated carbocycles. The molecule has 4 aromatic rings. The van der Waals surface area contributed by atoms with Gasteiger partial charge in [0, 0.05) is 17.5 Å². The molecule has 2 aromatic carbocycles. The Kier molecular flexibility index (Phi) is 6.95. The van der Waals surface area contributed by atoms with Gasteiger partial charge in [-0.05, 0) is 88.5 Å². The number of nitrogens with zero attached hydrogens (tertiary/aromatic N) is 3. The van der Waals surface area contributed by atoms with Crippen molar-refractivity contribution in [3.8, 4) is 11.5 Å². The van der Waals surface area contributed by atoms with Gasteiger partial charge < -0.3 is 15.2 Å². The Bertz CT molecular complexity index is 1380. The van der Waals surface area contributed by atoms with Gasteiger partial charge in [-0.2, -0.15) is 5.10 Å². The Hall–Kier alpha value is -3.78. The smallest absolute Gasteiger partial charge is 0.256 e. The second-order valence-corrected chi connectivity index (χ2v) is 9.63. The third-order valence-electron chi connectivity index (χ3n) is 6.96. The summed E-state index contributed by atoms with van der Waals surface area (Å²) < 4.78 is 0. The normalized spacial score (nSPS) is 13.9. The van der Waals surface area contributed by atoms with Crippen LogP contribution < -0.4 is 5.32 Å². The minimum absolute atomic E-state index is 0.151. The van der Waals surface area contributed by atoms with E-state index in [-0.39, 0.29) is 11.7 Å². The van der Waals surface area contributed by atoms with E-state index < -0.39 is 0 Å². The number of aromatic nitrogens is 4. The summed E-state index contributed by atoms with van der Waals surface area (Å²) in [6.45, 7) is 7.32. The second-order valence-electron chi connectivity index (χ2n) is 9.63. The summed E-state index contributed by atoms with van der Waals surface area (Å²) in [5.74, 6) is 0.508. The van der Waals surface area contributed by atoms with Crippen molar-refractivity contribution in [2.75, 3.05) is 25.0 Å². The van der Waals surface area contributed by atoms with E-state index in [1.807, 2.05) is 50.2 Å². The molecule has 8 heteroatoms. The summed E-state index contributed by atoms with van der Waals surface area (Å²) in [6, 6.07) is 11.3. The molecule has 1 aliphatic rings. The number of hydrogen-bond acceptors (Lipinski definition) is 5. The lowest BCUT2D eigenvalue weighted by Gasteiger charge is -2.13. The van der Waals surface area contributed by atoms with Crippen molar-refractivity contribution < 1.29 is 9.59 Å². The number of rotatable bonds is 9. The van der Waals surface area contributed by atoms with Crippen LogP contribution in [-0.4, -0.2) is 56.4 Å². The lowest BCUT2D eigenvalue weighted by atomic mass is 10.0. The second kappa shape index (κ2) is 10.5. The van der Waals surface area contributed by atoms with Crippen LogP contribution in [0.5, 0.6) is 0 Å². The molecule has 2 aromatic heterocycles. The van der Waals surface area contributed by atoms with E-state index in [2.05, 4.69) is 30.4 Å². The predicted octanol–water partition coefficient (Wildman–Crippen LogP) is 5.27. The highest BCUT2D eigenvalue weighted by Gasteiger charge is 2.18. The fraction of sp³-hybridized carbons (Fsp3) is 0.357. The van der Waals surface area contributed by atoms with Crippen molar-refractivity contribution in [2.24, 2.45) is 0 Å². The number of unbranched alkanes of at least 4 members (excludes halogenated alkanes) is 1. The molecule has 1 aliphatic heterocycles. The number of aryl methyl sites for hydroxylation is 2. The summed E-state index contributed by atoms with van der Waals surface area (Å²) in [6.07, 6.45) is 6.67. The Morgan fingerprint density at radius 1 is 1.06 bits per heavy atom. The van der Waals surface area contributed by atoms with Gasteiger partial charge in [0.25, 0.3) is 5.91 Å². The summed E-state index contributed by atoms with van der Waals surface area (Å²) in [4.78, 5) is 36.2. The van der Waals surface area contributed by atoms with Crippen LogP contribution in [0.4, 0.5) is 5.69 Å². The summed E-state index contributed by atoms with van der Waals surface area (Å²) in [5, 5.41) is 10.0. The highest BCUT2D eigenvalue weighted by Crippen LogP contribution is 2.27. The zero-order chi connectivity index (χ0) is 25.1. The molecule has 0 aliphatic carbocycles. The number of carbonyl (C=O) groups excluding carboxylic acids is 2. The maximum Gasteiger partial charge on any atom is 0.256 e. The minimum Gasteiger partial charge on any atom is -0.337 e. The van der Waals surface area contributed by atoms with Crippen LogP contribution in [0, 0.1) is 13.8 Å². The standard InChI is InChI=1S/C28H32N6O2/c1-18-8-7-9-19(2)25(18)28(36)32-23-17-29-33-26(23)27-30-21-12-11-20(16-22(21)31-27)24(35)10-3-4-13-34-14-5-6-15-34/h7-9,11-12,16-17H,3-6,10,13-15H2,1-2H3,(H,29,33)(H,30,31)(H,32,36). The number of fused-ring (bicyclic) bond motifs is 1. The Morgan fingerprint density at radius 3 is 2.61 bits per heavy atom. The topological polar surface area (TPSA) is 107 Å². The molecule has 1 saturated heterocycles. The number of likely N-dealkylation sites (tertiary alicyclic amines) is 1. The van der Waals surface area contributed by atoms with Gasteiger partial charge >= 0.3 is 0 Å². The van der Waals surface area contributed by atoms with Gasteiger partial charge in [-0.15, -0.1) is 0 Å². The Morgan fingerprint density at radius 2 is 1.83 bits per heavy atom. The molecule has 1 amide bonds. The maximum atomic E-state index is 13.0. The van der Waals surface area contributed by atoms with E-state index in [1.54, 1.807) is 6.20 Å². The molecule has 36 heavy (non-hydrogen) atoms. The van der Waals surface area contributed by atoms with E-state index >= 15 is 0 Å². The number of Topliss-reactive ketones (excluding diaryl/α,β-unsaturated/α-hetero) is 1. The molecule has 1 fully saturated rings. The van der Waals surface area contributed by atoms with Crippen molar-refractivity contribution in [1.29, 1.82) is 0 Å². The predicted molar refractivity (Wildman–Crippen MR) is 141 cm³/mol. The number of carbonyl (C=O) groups is 2. The molecule has 0 atom stereocenters. The maximum absolute atomic E-state index is 13.0. The SMILES string of the molecule is Cc1cccc(C)c1C(=O)Nc1cn[nH]c1-c1nc2ccc(C(=O)CCCCN3CCCC3)cc2[nH]1. The first kappa shape index (κ1) is 23.9. The molecule has 186 valence electrons. The zero-order valence-electron chi connectivity index (χ0n) is 20.9. The molecule has 0 spiro atoms. The highest BCUT2D eigenvalue weighted by molar-refractivity contribution is 6.07. The largest absolute Gasteiger partial charge is 0.337 e. The Balaban J connectivity index is 1.28. The molecule has 3 heterocycles. The molecule has 3 N–H and O–H groups in total. The molecule has 0 unspecified atom stereocenters. The lowest BCUT2D eigenvalue weighted by Crippen LogP contribution is -2.20.